The molecule has 2 atom stereocenters. The molecule has 2 rings (SSSR count). The van der Waals surface area contributed by atoms with Gasteiger partial charge < -0.3 is 5.32 Å². The summed E-state index contributed by atoms with van der Waals surface area (Å²) in [5.41, 5.74) is 0. The fraction of sp³-hybridized carbons (Fsp3) is 0.625. The van der Waals surface area contributed by atoms with Gasteiger partial charge in [-0.2, -0.15) is 8.61 Å². The van der Waals surface area contributed by atoms with Crippen LogP contribution < -0.4 is 5.32 Å². The van der Waals surface area contributed by atoms with Crippen LogP contribution >= 0.6 is 0 Å². The van der Waals surface area contributed by atoms with Crippen LogP contribution in [0.1, 0.15) is 27.7 Å². The maximum Gasteiger partial charge on any atom is 0.243 e. The molecule has 0 bridgehead atoms. The van der Waals surface area contributed by atoms with E-state index in [1.807, 2.05) is 13.8 Å². The van der Waals surface area contributed by atoms with Crippen molar-refractivity contribution in [2.45, 2.75) is 49.6 Å². The van der Waals surface area contributed by atoms with E-state index in [9.17, 15) is 16.8 Å². The van der Waals surface area contributed by atoms with Crippen LogP contribution in [0.4, 0.5) is 0 Å². The predicted octanol–water partition coefficient (Wildman–Crippen LogP) is 1.09. The lowest BCUT2D eigenvalue weighted by Gasteiger charge is -2.36. The largest absolute Gasteiger partial charge is 0.311 e. The molecule has 2 unspecified atom stereocenters. The fourth-order valence-corrected chi connectivity index (χ4v) is 6.31. The summed E-state index contributed by atoms with van der Waals surface area (Å²) >= 11 is 0. The monoisotopic (exact) mass is 389 g/mol. The van der Waals surface area contributed by atoms with Crippen molar-refractivity contribution in [1.29, 1.82) is 0 Å². The predicted molar refractivity (Wildman–Crippen MR) is 97.4 cm³/mol. The molecule has 1 aliphatic heterocycles. The van der Waals surface area contributed by atoms with E-state index in [1.165, 1.54) is 32.9 Å². The number of benzene rings is 1. The summed E-state index contributed by atoms with van der Waals surface area (Å²) in [6, 6.07) is 5.51. The highest BCUT2D eigenvalue weighted by Crippen LogP contribution is 2.24. The fourth-order valence-electron chi connectivity index (χ4n) is 2.97. The molecule has 7 nitrogen and oxygen atoms in total. The smallest absolute Gasteiger partial charge is 0.243 e. The van der Waals surface area contributed by atoms with E-state index in [1.54, 1.807) is 13.8 Å². The lowest BCUT2D eigenvalue weighted by Crippen LogP contribution is -2.56. The molecule has 142 valence electrons. The van der Waals surface area contributed by atoms with E-state index in [2.05, 4.69) is 5.32 Å². The molecule has 0 amide bonds. The van der Waals surface area contributed by atoms with Gasteiger partial charge in [0.05, 0.1) is 9.79 Å². The van der Waals surface area contributed by atoms with Crippen molar-refractivity contribution in [3.8, 4) is 0 Å². The SMILES string of the molecule is CCN(CC)S(=O)(=O)c1cccc(S(=O)(=O)N2CC(C)NCC2C)c1. The molecule has 0 aliphatic carbocycles. The first-order valence-corrected chi connectivity index (χ1v) is 11.4. The Bertz CT molecular complexity index is 804. The van der Waals surface area contributed by atoms with Gasteiger partial charge in [-0.15, -0.1) is 0 Å². The summed E-state index contributed by atoms with van der Waals surface area (Å²) in [4.78, 5) is 0.0230. The second kappa shape index (κ2) is 7.71. The molecule has 1 heterocycles. The van der Waals surface area contributed by atoms with Crippen molar-refractivity contribution in [3.63, 3.8) is 0 Å². The van der Waals surface area contributed by atoms with E-state index >= 15 is 0 Å². The van der Waals surface area contributed by atoms with Crippen molar-refractivity contribution in [2.24, 2.45) is 0 Å². The third-order valence-electron chi connectivity index (χ3n) is 4.46. The average Bonchev–Trinajstić information content (AvgIpc) is 2.58. The van der Waals surface area contributed by atoms with Crippen LogP contribution in [-0.2, 0) is 20.0 Å². The first kappa shape index (κ1) is 20.3. The number of nitrogens with one attached hydrogen (secondary N) is 1. The summed E-state index contributed by atoms with van der Waals surface area (Å²) in [6.07, 6.45) is 0. The second-order valence-electron chi connectivity index (χ2n) is 6.30. The molecule has 1 N–H and O–H groups in total. The van der Waals surface area contributed by atoms with E-state index in [-0.39, 0.29) is 21.9 Å². The van der Waals surface area contributed by atoms with Gasteiger partial charge in [-0.25, -0.2) is 16.8 Å². The first-order chi connectivity index (χ1) is 11.6. The van der Waals surface area contributed by atoms with Gasteiger partial charge in [0.1, 0.15) is 0 Å². The minimum absolute atomic E-state index is 0.00751. The summed E-state index contributed by atoms with van der Waals surface area (Å²) < 4.78 is 54.1. The van der Waals surface area contributed by atoms with E-state index < -0.39 is 20.0 Å². The quantitative estimate of drug-likeness (QED) is 0.787. The van der Waals surface area contributed by atoms with Gasteiger partial charge in [0.2, 0.25) is 20.0 Å². The third kappa shape index (κ3) is 4.06. The van der Waals surface area contributed by atoms with E-state index in [0.29, 0.717) is 26.2 Å². The van der Waals surface area contributed by atoms with Gasteiger partial charge in [0, 0.05) is 38.3 Å². The highest BCUT2D eigenvalue weighted by molar-refractivity contribution is 7.90. The van der Waals surface area contributed by atoms with Gasteiger partial charge >= 0.3 is 0 Å². The minimum atomic E-state index is -3.76. The Hall–Kier alpha value is -1.00. The molecule has 0 aromatic heterocycles. The summed E-state index contributed by atoms with van der Waals surface area (Å²) in [7, 11) is -7.46. The molecule has 1 aromatic rings. The van der Waals surface area contributed by atoms with Gasteiger partial charge in [0.15, 0.2) is 0 Å². The third-order valence-corrected chi connectivity index (χ3v) is 8.48. The highest BCUT2D eigenvalue weighted by atomic mass is 32.2. The lowest BCUT2D eigenvalue weighted by atomic mass is 10.2. The Morgan fingerprint density at radius 1 is 1.12 bits per heavy atom. The van der Waals surface area contributed by atoms with Gasteiger partial charge in [-0.3, -0.25) is 0 Å². The van der Waals surface area contributed by atoms with Gasteiger partial charge in [-0.05, 0) is 32.0 Å². The molecule has 9 heteroatoms. The Labute approximate surface area is 151 Å². The molecule has 0 spiro atoms. The van der Waals surface area contributed by atoms with Crippen LogP contribution in [0.3, 0.4) is 0 Å². The Morgan fingerprint density at radius 3 is 2.32 bits per heavy atom. The Morgan fingerprint density at radius 2 is 1.72 bits per heavy atom. The zero-order valence-corrected chi connectivity index (χ0v) is 16.8. The molecule has 1 fully saturated rings. The molecular formula is C16H27N3O4S2. The van der Waals surface area contributed by atoms with Gasteiger partial charge in [0.25, 0.3) is 0 Å². The van der Waals surface area contributed by atoms with Gasteiger partial charge in [-0.1, -0.05) is 19.9 Å². The van der Waals surface area contributed by atoms with Crippen LogP contribution in [0.5, 0.6) is 0 Å². The highest BCUT2D eigenvalue weighted by Gasteiger charge is 2.34. The maximum absolute atomic E-state index is 13.0. The number of nitrogens with zero attached hydrogens (tertiary/aromatic N) is 2. The van der Waals surface area contributed by atoms with Crippen LogP contribution in [0.15, 0.2) is 34.1 Å². The standard InChI is InChI=1S/C16H27N3O4S2/c1-5-18(6-2)24(20,21)15-8-7-9-16(10-15)25(22,23)19-12-13(3)17-11-14(19)4/h7-10,13-14,17H,5-6,11-12H2,1-4H3. The maximum atomic E-state index is 13.0. The molecule has 1 aromatic carbocycles. The van der Waals surface area contributed by atoms with Crippen molar-refractivity contribution in [1.82, 2.24) is 13.9 Å². The number of hydrogen-bond acceptors (Lipinski definition) is 5. The summed E-state index contributed by atoms with van der Waals surface area (Å²) in [6.45, 7) is 8.87. The molecule has 25 heavy (non-hydrogen) atoms. The topological polar surface area (TPSA) is 86.8 Å². The minimum Gasteiger partial charge on any atom is -0.311 e. The molecule has 0 saturated carbocycles. The number of sulfonamides is 2. The van der Waals surface area contributed by atoms with Crippen molar-refractivity contribution < 1.29 is 16.8 Å². The van der Waals surface area contributed by atoms with Crippen molar-refractivity contribution in [2.75, 3.05) is 26.2 Å². The van der Waals surface area contributed by atoms with Crippen LogP contribution in [0, 0.1) is 0 Å². The number of hydrogen-bond donors (Lipinski definition) is 1. The number of piperazine rings is 1. The van der Waals surface area contributed by atoms with Crippen LogP contribution in [0.25, 0.3) is 0 Å². The second-order valence-corrected chi connectivity index (χ2v) is 10.1. The molecule has 1 aliphatic rings. The van der Waals surface area contributed by atoms with Crippen molar-refractivity contribution >= 4 is 20.0 Å². The van der Waals surface area contributed by atoms with Crippen molar-refractivity contribution in [3.05, 3.63) is 24.3 Å². The first-order valence-electron chi connectivity index (χ1n) is 8.50. The number of rotatable bonds is 6. The molecular weight excluding hydrogens is 362 g/mol. The average molecular weight is 390 g/mol. The zero-order valence-electron chi connectivity index (χ0n) is 15.1. The normalized spacial score (nSPS) is 23.1. The van der Waals surface area contributed by atoms with E-state index in [0.717, 1.165) is 0 Å². The summed E-state index contributed by atoms with van der Waals surface area (Å²) in [5.74, 6) is 0. The van der Waals surface area contributed by atoms with Crippen LogP contribution in [-0.4, -0.2) is 63.7 Å². The lowest BCUT2D eigenvalue weighted by molar-refractivity contribution is 0.244. The Kier molecular flexibility index (Phi) is 6.26. The summed E-state index contributed by atoms with van der Waals surface area (Å²) in [5, 5.41) is 3.24. The zero-order chi connectivity index (χ0) is 18.8. The van der Waals surface area contributed by atoms with Crippen LogP contribution in [0.2, 0.25) is 0 Å². The molecule has 1 saturated heterocycles. The van der Waals surface area contributed by atoms with E-state index in [4.69, 9.17) is 0 Å². The Balaban J connectivity index is 2.44. The molecule has 0 radical (unpaired) electrons.